The lowest BCUT2D eigenvalue weighted by Crippen LogP contribution is -1.96. The van der Waals surface area contributed by atoms with Gasteiger partial charge < -0.3 is 5.73 Å². The smallest absolute Gasteiger partial charge is 0.145 e. The number of aryl methyl sites for hydroxylation is 1. The van der Waals surface area contributed by atoms with Gasteiger partial charge in [0.05, 0.1) is 5.69 Å². The molecule has 0 amide bonds. The van der Waals surface area contributed by atoms with Gasteiger partial charge in [-0.2, -0.15) is 5.10 Å². The summed E-state index contributed by atoms with van der Waals surface area (Å²) in [6.07, 6.45) is 1.84. The van der Waals surface area contributed by atoms with Crippen molar-refractivity contribution in [2.45, 2.75) is 6.92 Å². The number of aromatic nitrogens is 2. The Kier molecular flexibility index (Phi) is 2.29. The van der Waals surface area contributed by atoms with E-state index in [0.29, 0.717) is 5.82 Å². The largest absolute Gasteiger partial charge is 0.382 e. The van der Waals surface area contributed by atoms with Gasteiger partial charge in [-0.3, -0.25) is 0 Å². The summed E-state index contributed by atoms with van der Waals surface area (Å²) in [7, 11) is 0. The van der Waals surface area contributed by atoms with Gasteiger partial charge in [0, 0.05) is 16.7 Å². The van der Waals surface area contributed by atoms with Crippen LogP contribution in [0.1, 0.15) is 5.56 Å². The van der Waals surface area contributed by atoms with Crippen molar-refractivity contribution in [3.8, 4) is 5.69 Å². The van der Waals surface area contributed by atoms with Gasteiger partial charge in [-0.25, -0.2) is 4.68 Å². The van der Waals surface area contributed by atoms with Crippen molar-refractivity contribution < 1.29 is 0 Å². The highest BCUT2D eigenvalue weighted by Gasteiger charge is 2.00. The molecule has 2 rings (SSSR count). The molecule has 0 aliphatic rings. The van der Waals surface area contributed by atoms with Crippen molar-refractivity contribution in [3.63, 3.8) is 0 Å². The number of benzene rings is 1. The molecule has 0 saturated carbocycles. The van der Waals surface area contributed by atoms with E-state index in [4.69, 9.17) is 5.73 Å². The van der Waals surface area contributed by atoms with E-state index < -0.39 is 0 Å². The third-order valence-corrected chi connectivity index (χ3v) is 2.88. The lowest BCUT2D eigenvalue weighted by molar-refractivity contribution is 0.884. The first kappa shape index (κ1) is 9.27. The number of rotatable bonds is 1. The van der Waals surface area contributed by atoms with Gasteiger partial charge in [0.15, 0.2) is 0 Å². The third-order valence-electron chi connectivity index (χ3n) is 2.03. The molecule has 0 bridgehead atoms. The van der Waals surface area contributed by atoms with Crippen LogP contribution in [0.3, 0.4) is 0 Å². The van der Waals surface area contributed by atoms with E-state index >= 15 is 0 Å². The van der Waals surface area contributed by atoms with Crippen LogP contribution in [-0.4, -0.2) is 9.78 Å². The molecule has 0 atom stereocenters. The number of hydrogen-bond donors (Lipinski definition) is 1. The van der Waals surface area contributed by atoms with E-state index in [1.165, 1.54) is 5.56 Å². The number of anilines is 1. The molecule has 2 N–H and O–H groups in total. The summed E-state index contributed by atoms with van der Waals surface area (Å²) >= 11 is 3.48. The summed E-state index contributed by atoms with van der Waals surface area (Å²) in [6.45, 7) is 2.05. The number of hydrogen-bond acceptors (Lipinski definition) is 2. The summed E-state index contributed by atoms with van der Waals surface area (Å²) < 4.78 is 2.82. The topological polar surface area (TPSA) is 43.8 Å². The molecule has 0 saturated heterocycles. The van der Waals surface area contributed by atoms with Gasteiger partial charge in [0.25, 0.3) is 0 Å². The van der Waals surface area contributed by atoms with Crippen molar-refractivity contribution in [3.05, 3.63) is 40.5 Å². The van der Waals surface area contributed by atoms with Crippen LogP contribution in [-0.2, 0) is 0 Å². The maximum absolute atomic E-state index is 5.54. The van der Waals surface area contributed by atoms with Gasteiger partial charge in [-0.15, -0.1) is 0 Å². The SMILES string of the molecule is Cc1ccc(-n2ccc(N)n2)cc1Br. The van der Waals surface area contributed by atoms with Gasteiger partial charge in [-0.1, -0.05) is 22.0 Å². The van der Waals surface area contributed by atoms with Crippen molar-refractivity contribution >= 4 is 21.7 Å². The molecule has 3 nitrogen and oxygen atoms in total. The van der Waals surface area contributed by atoms with E-state index in [9.17, 15) is 0 Å². The summed E-state index contributed by atoms with van der Waals surface area (Å²) in [5.41, 5.74) is 7.74. The maximum Gasteiger partial charge on any atom is 0.145 e. The van der Waals surface area contributed by atoms with Crippen LogP contribution in [0, 0.1) is 6.92 Å². The number of nitrogens with two attached hydrogens (primary N) is 1. The molecule has 1 heterocycles. The molecular formula is C10H10BrN3. The van der Waals surface area contributed by atoms with Gasteiger partial charge in [0.1, 0.15) is 5.82 Å². The molecule has 2 aromatic rings. The van der Waals surface area contributed by atoms with Crippen molar-refractivity contribution in [2.75, 3.05) is 5.73 Å². The molecule has 0 aliphatic carbocycles. The predicted octanol–water partition coefficient (Wildman–Crippen LogP) is 2.53. The third kappa shape index (κ3) is 1.65. The zero-order valence-electron chi connectivity index (χ0n) is 7.74. The van der Waals surface area contributed by atoms with E-state index in [0.717, 1.165) is 10.2 Å². The molecule has 72 valence electrons. The first-order valence-electron chi connectivity index (χ1n) is 4.24. The normalized spacial score (nSPS) is 10.4. The summed E-state index contributed by atoms with van der Waals surface area (Å²) in [5, 5.41) is 4.13. The second kappa shape index (κ2) is 3.46. The van der Waals surface area contributed by atoms with E-state index in [1.807, 2.05) is 31.3 Å². The second-order valence-electron chi connectivity index (χ2n) is 3.12. The Morgan fingerprint density at radius 1 is 1.36 bits per heavy atom. The zero-order valence-corrected chi connectivity index (χ0v) is 9.32. The molecule has 0 spiro atoms. The number of nitrogen functional groups attached to an aromatic ring is 1. The van der Waals surface area contributed by atoms with Crippen LogP contribution < -0.4 is 5.73 Å². The molecule has 0 radical (unpaired) electrons. The highest BCUT2D eigenvalue weighted by Crippen LogP contribution is 2.19. The molecule has 1 aromatic heterocycles. The lowest BCUT2D eigenvalue weighted by atomic mass is 10.2. The van der Waals surface area contributed by atoms with Gasteiger partial charge in [-0.05, 0) is 24.6 Å². The minimum absolute atomic E-state index is 0.529. The molecule has 0 unspecified atom stereocenters. The predicted molar refractivity (Wildman–Crippen MR) is 60.4 cm³/mol. The van der Waals surface area contributed by atoms with Crippen LogP contribution in [0.5, 0.6) is 0 Å². The zero-order chi connectivity index (χ0) is 10.1. The Morgan fingerprint density at radius 3 is 2.71 bits per heavy atom. The molecule has 14 heavy (non-hydrogen) atoms. The Bertz CT molecular complexity index is 462. The molecular weight excluding hydrogens is 242 g/mol. The standard InChI is InChI=1S/C10H10BrN3/c1-7-2-3-8(6-9(7)11)14-5-4-10(12)13-14/h2-6H,1H3,(H2,12,13). The lowest BCUT2D eigenvalue weighted by Gasteiger charge is -2.03. The van der Waals surface area contributed by atoms with E-state index in [2.05, 4.69) is 21.0 Å². The van der Waals surface area contributed by atoms with E-state index in [1.54, 1.807) is 10.7 Å². The maximum atomic E-state index is 5.54. The van der Waals surface area contributed by atoms with Crippen LogP contribution in [0.2, 0.25) is 0 Å². The van der Waals surface area contributed by atoms with E-state index in [-0.39, 0.29) is 0 Å². The molecule has 0 fully saturated rings. The quantitative estimate of drug-likeness (QED) is 0.847. The fourth-order valence-electron chi connectivity index (χ4n) is 1.21. The Labute approximate surface area is 90.7 Å². The first-order chi connectivity index (χ1) is 6.66. The number of halogens is 1. The van der Waals surface area contributed by atoms with Crippen LogP contribution in [0.25, 0.3) is 5.69 Å². The molecule has 4 heteroatoms. The highest BCUT2D eigenvalue weighted by molar-refractivity contribution is 9.10. The Hall–Kier alpha value is -1.29. The molecule has 0 aliphatic heterocycles. The minimum atomic E-state index is 0.529. The van der Waals surface area contributed by atoms with Gasteiger partial charge in [0.2, 0.25) is 0 Å². The Morgan fingerprint density at radius 2 is 2.14 bits per heavy atom. The van der Waals surface area contributed by atoms with Crippen molar-refractivity contribution in [2.24, 2.45) is 0 Å². The number of nitrogens with zero attached hydrogens (tertiary/aromatic N) is 2. The fourth-order valence-corrected chi connectivity index (χ4v) is 1.57. The van der Waals surface area contributed by atoms with Gasteiger partial charge >= 0.3 is 0 Å². The average molecular weight is 252 g/mol. The summed E-state index contributed by atoms with van der Waals surface area (Å²) in [5.74, 6) is 0.529. The van der Waals surface area contributed by atoms with Crippen LogP contribution >= 0.6 is 15.9 Å². The molecule has 1 aromatic carbocycles. The fraction of sp³-hybridized carbons (Fsp3) is 0.100. The van der Waals surface area contributed by atoms with Crippen molar-refractivity contribution in [1.29, 1.82) is 0 Å². The van der Waals surface area contributed by atoms with Crippen molar-refractivity contribution in [1.82, 2.24) is 9.78 Å². The van der Waals surface area contributed by atoms with Crippen LogP contribution in [0.4, 0.5) is 5.82 Å². The minimum Gasteiger partial charge on any atom is -0.382 e. The first-order valence-corrected chi connectivity index (χ1v) is 5.04. The highest BCUT2D eigenvalue weighted by atomic mass is 79.9. The monoisotopic (exact) mass is 251 g/mol. The average Bonchev–Trinajstić information content (AvgIpc) is 2.57. The van der Waals surface area contributed by atoms with Crippen LogP contribution in [0.15, 0.2) is 34.9 Å². The second-order valence-corrected chi connectivity index (χ2v) is 3.97. The summed E-state index contributed by atoms with van der Waals surface area (Å²) in [6, 6.07) is 7.83. The summed E-state index contributed by atoms with van der Waals surface area (Å²) in [4.78, 5) is 0. The Balaban J connectivity index is 2.47.